The summed E-state index contributed by atoms with van der Waals surface area (Å²) < 4.78 is 6.17. The van der Waals surface area contributed by atoms with Crippen LogP contribution in [0.15, 0.2) is 18.2 Å². The van der Waals surface area contributed by atoms with Crippen LogP contribution in [-0.4, -0.2) is 25.4 Å². The number of anilines is 1. The minimum absolute atomic E-state index is 0.0443. The second-order valence-corrected chi connectivity index (χ2v) is 10.5. The molecular formula is C14H26N2OSi. The van der Waals surface area contributed by atoms with E-state index >= 15 is 0 Å². The van der Waals surface area contributed by atoms with Crippen molar-refractivity contribution in [2.75, 3.05) is 11.9 Å². The van der Waals surface area contributed by atoms with E-state index in [0.29, 0.717) is 0 Å². The summed E-state index contributed by atoms with van der Waals surface area (Å²) in [7, 11) is -1.60. The van der Waals surface area contributed by atoms with Gasteiger partial charge in [0.25, 0.3) is 0 Å². The minimum Gasteiger partial charge on any atom is -0.413 e. The summed E-state index contributed by atoms with van der Waals surface area (Å²) in [4.78, 5) is 4.43. The molecule has 4 heteroatoms. The first kappa shape index (κ1) is 15.2. The molecular weight excluding hydrogens is 240 g/mol. The predicted molar refractivity (Wildman–Crippen MR) is 80.6 cm³/mol. The molecule has 1 aromatic heterocycles. The third-order valence-corrected chi connectivity index (χ3v) is 5.12. The summed E-state index contributed by atoms with van der Waals surface area (Å²) in [5.41, 5.74) is 1.000. The lowest BCUT2D eigenvalue weighted by Crippen LogP contribution is -2.40. The van der Waals surface area contributed by atoms with Gasteiger partial charge in [-0.25, -0.2) is 4.98 Å². The number of aryl methyl sites for hydroxylation is 1. The Balaban J connectivity index is 2.41. The van der Waals surface area contributed by atoms with Crippen LogP contribution in [0.3, 0.4) is 0 Å². The Morgan fingerprint density at radius 1 is 1.28 bits per heavy atom. The Morgan fingerprint density at radius 2 is 1.94 bits per heavy atom. The fraction of sp³-hybridized carbons (Fsp3) is 0.643. The van der Waals surface area contributed by atoms with E-state index in [-0.39, 0.29) is 5.60 Å². The summed E-state index contributed by atoms with van der Waals surface area (Å²) in [6, 6.07) is 7.12. The zero-order valence-electron chi connectivity index (χ0n) is 12.5. The van der Waals surface area contributed by atoms with Crippen molar-refractivity contribution in [3.8, 4) is 0 Å². The van der Waals surface area contributed by atoms with Gasteiger partial charge in [-0.15, -0.1) is 0 Å². The summed E-state index contributed by atoms with van der Waals surface area (Å²) in [6.45, 7) is 13.8. The van der Waals surface area contributed by atoms with Crippen LogP contribution in [0.4, 0.5) is 5.82 Å². The molecule has 0 aliphatic rings. The van der Waals surface area contributed by atoms with Gasteiger partial charge in [0.05, 0.1) is 0 Å². The highest BCUT2D eigenvalue weighted by Gasteiger charge is 2.27. The molecule has 0 saturated carbocycles. The first-order valence-corrected chi connectivity index (χ1v) is 9.67. The van der Waals surface area contributed by atoms with Crippen molar-refractivity contribution in [3.05, 3.63) is 23.9 Å². The van der Waals surface area contributed by atoms with Crippen LogP contribution >= 0.6 is 0 Å². The maximum atomic E-state index is 6.17. The number of nitrogens with zero attached hydrogens (tertiary/aromatic N) is 1. The number of rotatable bonds is 5. The fourth-order valence-corrected chi connectivity index (χ4v) is 4.50. The summed E-state index contributed by atoms with van der Waals surface area (Å²) >= 11 is 0. The zero-order valence-corrected chi connectivity index (χ0v) is 13.5. The van der Waals surface area contributed by atoms with Crippen molar-refractivity contribution in [3.63, 3.8) is 0 Å². The molecule has 0 radical (unpaired) electrons. The normalized spacial score (nSPS) is 12.6. The van der Waals surface area contributed by atoms with E-state index in [4.69, 9.17) is 4.43 Å². The molecule has 1 N–H and O–H groups in total. The van der Waals surface area contributed by atoms with Gasteiger partial charge in [-0.05, 0) is 59.0 Å². The van der Waals surface area contributed by atoms with Crippen molar-refractivity contribution < 1.29 is 4.43 Å². The molecule has 0 saturated heterocycles. The lowest BCUT2D eigenvalue weighted by molar-refractivity contribution is 0.120. The van der Waals surface area contributed by atoms with Crippen molar-refractivity contribution in [1.29, 1.82) is 0 Å². The van der Waals surface area contributed by atoms with Gasteiger partial charge in [0.15, 0.2) is 8.32 Å². The van der Waals surface area contributed by atoms with Crippen molar-refractivity contribution in [1.82, 2.24) is 4.98 Å². The molecule has 18 heavy (non-hydrogen) atoms. The SMILES string of the molecule is Cc1cccc(NCC[Si](C)(C)OC(C)(C)C)n1. The molecule has 1 rings (SSSR count). The Kier molecular flexibility index (Phi) is 4.93. The molecule has 0 amide bonds. The third kappa shape index (κ3) is 6.17. The molecule has 1 heterocycles. The van der Waals surface area contributed by atoms with Crippen molar-refractivity contribution >= 4 is 14.1 Å². The van der Waals surface area contributed by atoms with Crippen LogP contribution in [0.1, 0.15) is 26.5 Å². The highest BCUT2D eigenvalue weighted by Crippen LogP contribution is 2.20. The van der Waals surface area contributed by atoms with Crippen LogP contribution in [0.25, 0.3) is 0 Å². The van der Waals surface area contributed by atoms with Crippen LogP contribution < -0.4 is 5.32 Å². The van der Waals surface area contributed by atoms with Crippen LogP contribution in [0.5, 0.6) is 0 Å². The topological polar surface area (TPSA) is 34.1 Å². The highest BCUT2D eigenvalue weighted by molar-refractivity contribution is 6.71. The Morgan fingerprint density at radius 3 is 2.50 bits per heavy atom. The third-order valence-electron chi connectivity index (χ3n) is 2.50. The first-order valence-electron chi connectivity index (χ1n) is 6.56. The molecule has 0 aliphatic heterocycles. The molecule has 0 fully saturated rings. The Hall–Kier alpha value is -0.873. The number of nitrogens with one attached hydrogen (secondary N) is 1. The minimum atomic E-state index is -1.60. The average molecular weight is 266 g/mol. The molecule has 3 nitrogen and oxygen atoms in total. The lowest BCUT2D eigenvalue weighted by atomic mass is 10.2. The molecule has 1 aromatic rings. The zero-order chi connectivity index (χ0) is 13.8. The average Bonchev–Trinajstić information content (AvgIpc) is 2.13. The highest BCUT2D eigenvalue weighted by atomic mass is 28.4. The van der Waals surface area contributed by atoms with Gasteiger partial charge >= 0.3 is 0 Å². The van der Waals surface area contributed by atoms with Gasteiger partial charge in [0.2, 0.25) is 0 Å². The van der Waals surface area contributed by atoms with Crippen LogP contribution in [-0.2, 0) is 4.43 Å². The predicted octanol–water partition coefficient (Wildman–Crippen LogP) is 3.82. The smallest absolute Gasteiger partial charge is 0.189 e. The molecule has 0 unspecified atom stereocenters. The van der Waals surface area contributed by atoms with Gasteiger partial charge in [-0.3, -0.25) is 0 Å². The van der Waals surface area contributed by atoms with E-state index in [1.54, 1.807) is 0 Å². The molecule has 0 bridgehead atoms. The van der Waals surface area contributed by atoms with Gasteiger partial charge < -0.3 is 9.74 Å². The van der Waals surface area contributed by atoms with Crippen LogP contribution in [0.2, 0.25) is 19.1 Å². The van der Waals surface area contributed by atoms with Crippen LogP contribution in [0, 0.1) is 6.92 Å². The molecule has 102 valence electrons. The molecule has 0 spiro atoms. The van der Waals surface area contributed by atoms with Gasteiger partial charge in [0, 0.05) is 17.8 Å². The van der Waals surface area contributed by atoms with E-state index in [1.165, 1.54) is 0 Å². The lowest BCUT2D eigenvalue weighted by Gasteiger charge is -2.32. The number of hydrogen-bond donors (Lipinski definition) is 1. The van der Waals surface area contributed by atoms with E-state index in [9.17, 15) is 0 Å². The summed E-state index contributed by atoms with van der Waals surface area (Å²) in [5, 5.41) is 3.37. The summed E-state index contributed by atoms with van der Waals surface area (Å²) in [5.74, 6) is 0.954. The van der Waals surface area contributed by atoms with Crippen molar-refractivity contribution in [2.24, 2.45) is 0 Å². The monoisotopic (exact) mass is 266 g/mol. The van der Waals surface area contributed by atoms with Gasteiger partial charge in [-0.2, -0.15) is 0 Å². The number of hydrogen-bond acceptors (Lipinski definition) is 3. The quantitative estimate of drug-likeness (QED) is 0.823. The second kappa shape index (κ2) is 5.84. The number of aromatic nitrogens is 1. The Bertz CT molecular complexity index is 386. The first-order chi connectivity index (χ1) is 8.18. The van der Waals surface area contributed by atoms with Gasteiger partial charge in [-0.1, -0.05) is 6.07 Å². The fourth-order valence-electron chi connectivity index (χ4n) is 2.01. The van der Waals surface area contributed by atoms with Crippen molar-refractivity contribution in [2.45, 2.75) is 52.4 Å². The van der Waals surface area contributed by atoms with E-state index < -0.39 is 8.32 Å². The summed E-state index contributed by atoms with van der Waals surface area (Å²) in [6.07, 6.45) is 0. The standard InChI is InChI=1S/C14H26N2OSi/c1-12-8-7-9-13(16-12)15-10-11-18(5,6)17-14(2,3)4/h7-9H,10-11H2,1-6H3,(H,15,16). The molecule has 0 aliphatic carbocycles. The second-order valence-electron chi connectivity index (χ2n) is 6.32. The number of pyridine rings is 1. The van der Waals surface area contributed by atoms with Gasteiger partial charge in [0.1, 0.15) is 5.82 Å². The maximum Gasteiger partial charge on any atom is 0.189 e. The van der Waals surface area contributed by atoms with E-state index in [0.717, 1.165) is 24.1 Å². The largest absolute Gasteiger partial charge is 0.413 e. The molecule has 0 atom stereocenters. The van der Waals surface area contributed by atoms with E-state index in [2.05, 4.69) is 44.2 Å². The maximum absolute atomic E-state index is 6.17. The molecule has 0 aromatic carbocycles. The Labute approximate surface area is 112 Å². The van der Waals surface area contributed by atoms with E-state index in [1.807, 2.05) is 25.1 Å².